The van der Waals surface area contributed by atoms with E-state index in [-0.39, 0.29) is 6.61 Å². The van der Waals surface area contributed by atoms with Gasteiger partial charge in [0.25, 0.3) is 0 Å². The molecule has 2 N–H and O–H groups in total. The van der Waals surface area contributed by atoms with Gasteiger partial charge in [0.05, 0.1) is 5.02 Å². The summed E-state index contributed by atoms with van der Waals surface area (Å²) in [5.41, 5.74) is 8.83. The number of nitrogens with two attached hydrogens (primary N) is 1. The van der Waals surface area contributed by atoms with E-state index in [0.29, 0.717) is 27.9 Å². The molecule has 0 atom stereocenters. The molecule has 1 heterocycles. The summed E-state index contributed by atoms with van der Waals surface area (Å²) in [6.45, 7) is 2.19. The van der Waals surface area contributed by atoms with Crippen LogP contribution in [0.2, 0.25) is 5.02 Å². The van der Waals surface area contributed by atoms with Crippen molar-refractivity contribution in [1.29, 1.82) is 0 Å². The van der Waals surface area contributed by atoms with Gasteiger partial charge < -0.3 is 14.9 Å². The first-order valence-corrected chi connectivity index (χ1v) is 6.53. The monoisotopic (exact) mass is 288 g/mol. The van der Waals surface area contributed by atoms with Crippen LogP contribution in [-0.4, -0.2) is 4.98 Å². The van der Waals surface area contributed by atoms with Crippen LogP contribution in [0.25, 0.3) is 11.1 Å². The molecule has 0 aliphatic carbocycles. The van der Waals surface area contributed by atoms with Crippen LogP contribution in [0.3, 0.4) is 0 Å². The number of hydrogen-bond acceptors (Lipinski definition) is 4. The van der Waals surface area contributed by atoms with E-state index in [1.165, 1.54) is 0 Å². The van der Waals surface area contributed by atoms with Crippen LogP contribution >= 0.6 is 11.6 Å². The molecule has 102 valence electrons. The van der Waals surface area contributed by atoms with Crippen LogP contribution in [0.15, 0.2) is 40.8 Å². The number of oxazole rings is 1. The summed E-state index contributed by atoms with van der Waals surface area (Å²) in [5.74, 6) is 1.10. The predicted molar refractivity (Wildman–Crippen MR) is 78.9 cm³/mol. The van der Waals surface area contributed by atoms with E-state index in [9.17, 15) is 0 Å². The highest BCUT2D eigenvalue weighted by Gasteiger charge is 2.08. The molecule has 3 aromatic rings. The van der Waals surface area contributed by atoms with Crippen LogP contribution < -0.4 is 10.5 Å². The zero-order chi connectivity index (χ0) is 14.1. The molecule has 5 heteroatoms. The highest BCUT2D eigenvalue weighted by atomic mass is 35.5. The van der Waals surface area contributed by atoms with Gasteiger partial charge in [0.1, 0.15) is 11.3 Å². The number of fused-ring (bicyclic) bond motifs is 1. The molecule has 0 saturated carbocycles. The summed E-state index contributed by atoms with van der Waals surface area (Å²) in [7, 11) is 0. The van der Waals surface area contributed by atoms with Gasteiger partial charge in [0.2, 0.25) is 5.89 Å². The highest BCUT2D eigenvalue weighted by Crippen LogP contribution is 2.26. The lowest BCUT2D eigenvalue weighted by Crippen LogP contribution is -1.96. The molecule has 4 nitrogen and oxygen atoms in total. The average Bonchev–Trinajstić information content (AvgIpc) is 2.79. The maximum Gasteiger partial charge on any atom is 0.233 e. The molecule has 0 amide bonds. The summed E-state index contributed by atoms with van der Waals surface area (Å²) in [5, 5.41) is 0.574. The molecule has 0 saturated heterocycles. The number of benzene rings is 2. The van der Waals surface area contributed by atoms with Crippen LogP contribution in [0.1, 0.15) is 11.5 Å². The Morgan fingerprint density at radius 2 is 2.10 bits per heavy atom. The Labute approximate surface area is 121 Å². The number of nitrogens with zero attached hydrogens (tertiary/aromatic N) is 1. The van der Waals surface area contributed by atoms with Gasteiger partial charge in [-0.25, -0.2) is 4.98 Å². The smallest absolute Gasteiger partial charge is 0.233 e. The first-order chi connectivity index (χ1) is 9.61. The molecule has 3 rings (SSSR count). The molecular weight excluding hydrogens is 276 g/mol. The fourth-order valence-electron chi connectivity index (χ4n) is 1.91. The summed E-state index contributed by atoms with van der Waals surface area (Å²) in [6.07, 6.45) is 0. The van der Waals surface area contributed by atoms with Crippen LogP contribution in [0, 0.1) is 6.92 Å². The number of rotatable bonds is 3. The molecule has 0 unspecified atom stereocenters. The third-order valence-electron chi connectivity index (χ3n) is 2.90. The van der Waals surface area contributed by atoms with E-state index >= 15 is 0 Å². The van der Waals surface area contributed by atoms with Gasteiger partial charge in [-0.15, -0.1) is 0 Å². The molecule has 0 aliphatic heterocycles. The first-order valence-electron chi connectivity index (χ1n) is 6.16. The van der Waals surface area contributed by atoms with Crippen molar-refractivity contribution in [3.05, 3.63) is 52.9 Å². The topological polar surface area (TPSA) is 61.3 Å². The van der Waals surface area contributed by atoms with E-state index in [0.717, 1.165) is 11.1 Å². The summed E-state index contributed by atoms with van der Waals surface area (Å²) >= 11 is 6.10. The van der Waals surface area contributed by atoms with Crippen LogP contribution in [0.4, 0.5) is 5.69 Å². The van der Waals surface area contributed by atoms with Crippen LogP contribution in [0.5, 0.6) is 5.75 Å². The van der Waals surface area contributed by atoms with Crippen molar-refractivity contribution in [1.82, 2.24) is 4.98 Å². The van der Waals surface area contributed by atoms with E-state index < -0.39 is 0 Å². The van der Waals surface area contributed by atoms with Crippen molar-refractivity contribution >= 4 is 28.4 Å². The van der Waals surface area contributed by atoms with Gasteiger partial charge in [-0.05, 0) is 36.8 Å². The minimum atomic E-state index is 0.220. The Morgan fingerprint density at radius 3 is 2.90 bits per heavy atom. The lowest BCUT2D eigenvalue weighted by Gasteiger charge is -2.06. The maximum atomic E-state index is 6.10. The Balaban J connectivity index is 1.79. The summed E-state index contributed by atoms with van der Waals surface area (Å²) in [4.78, 5) is 4.33. The fourth-order valence-corrected chi connectivity index (χ4v) is 2.20. The molecule has 1 aromatic heterocycles. The molecule has 20 heavy (non-hydrogen) atoms. The predicted octanol–water partition coefficient (Wildman–Crippen LogP) is 3.95. The van der Waals surface area contributed by atoms with E-state index in [4.69, 9.17) is 26.5 Å². The minimum absolute atomic E-state index is 0.220. The number of aromatic nitrogens is 1. The second-order valence-corrected chi connectivity index (χ2v) is 4.96. The molecule has 0 fully saturated rings. The summed E-state index contributed by atoms with van der Waals surface area (Å²) < 4.78 is 11.2. The van der Waals surface area contributed by atoms with Gasteiger partial charge in [-0.2, -0.15) is 0 Å². The van der Waals surface area contributed by atoms with Gasteiger partial charge in [0, 0.05) is 11.8 Å². The number of halogens is 1. The minimum Gasteiger partial charge on any atom is -0.482 e. The number of nitrogen functional groups attached to an aromatic ring is 1. The average molecular weight is 289 g/mol. The van der Waals surface area contributed by atoms with E-state index in [2.05, 4.69) is 4.98 Å². The van der Waals surface area contributed by atoms with Crippen molar-refractivity contribution in [3.8, 4) is 5.75 Å². The number of aryl methyl sites for hydroxylation is 1. The lowest BCUT2D eigenvalue weighted by molar-refractivity contribution is 0.267. The van der Waals surface area contributed by atoms with Gasteiger partial charge in [-0.1, -0.05) is 17.7 Å². The third-order valence-corrected chi connectivity index (χ3v) is 3.19. The molecular formula is C15H13ClN2O2. The molecule has 0 radical (unpaired) electrons. The first kappa shape index (κ1) is 12.8. The molecule has 0 spiro atoms. The molecule has 2 aromatic carbocycles. The zero-order valence-electron chi connectivity index (χ0n) is 10.9. The van der Waals surface area contributed by atoms with Gasteiger partial charge in [-0.3, -0.25) is 0 Å². The Morgan fingerprint density at radius 1 is 1.25 bits per heavy atom. The molecule has 0 aliphatic rings. The van der Waals surface area contributed by atoms with Crippen LogP contribution in [-0.2, 0) is 6.61 Å². The zero-order valence-corrected chi connectivity index (χ0v) is 11.6. The highest BCUT2D eigenvalue weighted by molar-refractivity contribution is 6.32. The molecule has 0 bridgehead atoms. The fraction of sp³-hybridized carbons (Fsp3) is 0.133. The quantitative estimate of drug-likeness (QED) is 0.741. The van der Waals surface area contributed by atoms with Crippen molar-refractivity contribution < 1.29 is 9.15 Å². The van der Waals surface area contributed by atoms with E-state index in [1.54, 1.807) is 12.1 Å². The Hall–Kier alpha value is -2.20. The normalized spacial score (nSPS) is 10.9. The van der Waals surface area contributed by atoms with Crippen molar-refractivity contribution in [2.75, 3.05) is 5.73 Å². The van der Waals surface area contributed by atoms with Gasteiger partial charge in [0.15, 0.2) is 12.2 Å². The maximum absolute atomic E-state index is 6.10. The second kappa shape index (κ2) is 5.06. The Kier molecular flexibility index (Phi) is 3.24. The number of anilines is 1. The van der Waals surface area contributed by atoms with E-state index in [1.807, 2.05) is 31.2 Å². The third kappa shape index (κ3) is 2.56. The second-order valence-electron chi connectivity index (χ2n) is 4.56. The lowest BCUT2D eigenvalue weighted by atomic mass is 10.2. The summed E-state index contributed by atoms with van der Waals surface area (Å²) in [6, 6.07) is 11.0. The SMILES string of the molecule is Cc1ccc(OCc2nc3ccc(N)cc3o2)c(Cl)c1. The van der Waals surface area contributed by atoms with Crippen molar-refractivity contribution in [2.24, 2.45) is 0 Å². The van der Waals surface area contributed by atoms with Gasteiger partial charge >= 0.3 is 0 Å². The Bertz CT molecular complexity index is 768. The largest absolute Gasteiger partial charge is 0.482 e. The number of hydrogen-bond donors (Lipinski definition) is 1. The van der Waals surface area contributed by atoms with Crippen molar-refractivity contribution in [2.45, 2.75) is 13.5 Å². The standard InChI is InChI=1S/C15H13ClN2O2/c1-9-2-5-13(11(16)6-9)19-8-15-18-12-4-3-10(17)7-14(12)20-15/h2-7H,8,17H2,1H3. The van der Waals surface area contributed by atoms with Crippen molar-refractivity contribution in [3.63, 3.8) is 0 Å². The number of ether oxygens (including phenoxy) is 1.